The van der Waals surface area contributed by atoms with Gasteiger partial charge in [-0.25, -0.2) is 0 Å². The van der Waals surface area contributed by atoms with Gasteiger partial charge in [-0.2, -0.15) is 0 Å². The predicted octanol–water partition coefficient (Wildman–Crippen LogP) is 4.05. The summed E-state index contributed by atoms with van der Waals surface area (Å²) >= 11 is 0. The predicted molar refractivity (Wildman–Crippen MR) is 88.1 cm³/mol. The van der Waals surface area contributed by atoms with E-state index in [0.29, 0.717) is 11.5 Å². The molecule has 0 radical (unpaired) electrons. The third-order valence-corrected chi connectivity index (χ3v) is 5.34. The van der Waals surface area contributed by atoms with Crippen LogP contribution in [0.5, 0.6) is 0 Å². The first-order chi connectivity index (χ1) is 9.37. The van der Waals surface area contributed by atoms with Crippen LogP contribution in [0.4, 0.5) is 0 Å². The first-order valence-corrected chi connectivity index (χ1v) is 8.86. The zero-order valence-corrected chi connectivity index (χ0v) is 14.4. The summed E-state index contributed by atoms with van der Waals surface area (Å²) in [4.78, 5) is 2.81. The van der Waals surface area contributed by atoms with Crippen molar-refractivity contribution < 1.29 is 0 Å². The number of piperidine rings is 1. The molecule has 1 aliphatic heterocycles. The monoisotopic (exact) mass is 280 g/mol. The van der Waals surface area contributed by atoms with Crippen molar-refractivity contribution in [3.8, 4) is 0 Å². The van der Waals surface area contributed by atoms with E-state index in [1.165, 1.54) is 51.6 Å². The van der Waals surface area contributed by atoms with Crippen LogP contribution in [0.15, 0.2) is 0 Å². The van der Waals surface area contributed by atoms with Gasteiger partial charge in [0.05, 0.1) is 0 Å². The summed E-state index contributed by atoms with van der Waals surface area (Å²) < 4.78 is 0. The summed E-state index contributed by atoms with van der Waals surface area (Å²) in [6, 6.07) is 2.19. The van der Waals surface area contributed by atoms with Crippen LogP contribution in [-0.4, -0.2) is 36.1 Å². The summed E-state index contributed by atoms with van der Waals surface area (Å²) in [5.41, 5.74) is 0.523. The Balaban J connectivity index is 1.99. The Morgan fingerprint density at radius 1 is 1.20 bits per heavy atom. The minimum atomic E-state index is 0.523. The van der Waals surface area contributed by atoms with Gasteiger partial charge in [0.25, 0.3) is 0 Å². The Morgan fingerprint density at radius 3 is 2.50 bits per heavy atom. The fourth-order valence-corrected chi connectivity index (χ4v) is 4.66. The lowest BCUT2D eigenvalue weighted by molar-refractivity contribution is 0.0392. The van der Waals surface area contributed by atoms with E-state index >= 15 is 0 Å². The van der Waals surface area contributed by atoms with E-state index in [4.69, 9.17) is 0 Å². The van der Waals surface area contributed by atoms with Crippen molar-refractivity contribution in [3.63, 3.8) is 0 Å². The highest BCUT2D eigenvalue weighted by Crippen LogP contribution is 2.41. The lowest BCUT2D eigenvalue weighted by Gasteiger charge is -2.46. The van der Waals surface area contributed by atoms with Crippen molar-refractivity contribution >= 4 is 0 Å². The second kappa shape index (κ2) is 6.79. The largest absolute Gasteiger partial charge is 0.313 e. The molecule has 1 saturated carbocycles. The highest BCUT2D eigenvalue weighted by atomic mass is 15.2. The highest BCUT2D eigenvalue weighted by Gasteiger charge is 2.36. The third-order valence-electron chi connectivity index (χ3n) is 5.34. The molecule has 2 rings (SSSR count). The smallest absolute Gasteiger partial charge is 0.0195 e. The maximum Gasteiger partial charge on any atom is 0.0195 e. The molecule has 2 aliphatic rings. The summed E-state index contributed by atoms with van der Waals surface area (Å²) in [6.45, 7) is 14.6. The zero-order chi connectivity index (χ0) is 14.8. The van der Waals surface area contributed by atoms with Crippen LogP contribution < -0.4 is 5.32 Å². The van der Waals surface area contributed by atoms with Gasteiger partial charge in [0.1, 0.15) is 0 Å². The Bertz CT molecular complexity index is 292. The number of nitrogens with zero attached hydrogens (tertiary/aromatic N) is 1. The Hall–Kier alpha value is -0.0800. The van der Waals surface area contributed by atoms with Crippen LogP contribution >= 0.6 is 0 Å². The van der Waals surface area contributed by atoms with Crippen molar-refractivity contribution in [1.82, 2.24) is 10.2 Å². The SMILES string of the molecule is CC1CC(N(CC2CCCCN2)C(C)C)CC(C)(C)C1. The molecule has 0 aromatic rings. The third kappa shape index (κ3) is 4.46. The van der Waals surface area contributed by atoms with Gasteiger partial charge in [-0.15, -0.1) is 0 Å². The van der Waals surface area contributed by atoms with Crippen LogP contribution in [0.3, 0.4) is 0 Å². The van der Waals surface area contributed by atoms with E-state index in [2.05, 4.69) is 44.8 Å². The van der Waals surface area contributed by atoms with E-state index in [1.807, 2.05) is 0 Å². The molecule has 0 aromatic heterocycles. The van der Waals surface area contributed by atoms with Gasteiger partial charge in [-0.3, -0.25) is 4.90 Å². The number of hydrogen-bond acceptors (Lipinski definition) is 2. The van der Waals surface area contributed by atoms with Gasteiger partial charge in [0.2, 0.25) is 0 Å². The molecule has 2 heteroatoms. The Morgan fingerprint density at radius 2 is 1.95 bits per heavy atom. The van der Waals surface area contributed by atoms with Crippen LogP contribution in [-0.2, 0) is 0 Å². The van der Waals surface area contributed by atoms with E-state index in [9.17, 15) is 0 Å². The molecule has 2 fully saturated rings. The van der Waals surface area contributed by atoms with Crippen LogP contribution in [0.2, 0.25) is 0 Å². The van der Waals surface area contributed by atoms with Crippen molar-refractivity contribution in [1.29, 1.82) is 0 Å². The minimum absolute atomic E-state index is 0.523. The Labute approximate surface area is 126 Å². The molecule has 3 unspecified atom stereocenters. The first-order valence-electron chi connectivity index (χ1n) is 8.86. The number of rotatable bonds is 4. The summed E-state index contributed by atoms with van der Waals surface area (Å²) in [6.07, 6.45) is 8.32. The second-order valence-electron chi connectivity index (χ2n) is 8.50. The maximum atomic E-state index is 3.73. The Kier molecular flexibility index (Phi) is 5.53. The number of nitrogens with one attached hydrogen (secondary N) is 1. The van der Waals surface area contributed by atoms with Crippen molar-refractivity contribution in [2.75, 3.05) is 13.1 Å². The van der Waals surface area contributed by atoms with Crippen molar-refractivity contribution in [2.45, 2.75) is 91.3 Å². The molecule has 1 aliphatic carbocycles. The molecule has 20 heavy (non-hydrogen) atoms. The average Bonchev–Trinajstić information content (AvgIpc) is 2.34. The second-order valence-corrected chi connectivity index (χ2v) is 8.50. The summed E-state index contributed by atoms with van der Waals surface area (Å²) in [5, 5.41) is 3.73. The van der Waals surface area contributed by atoms with E-state index in [-0.39, 0.29) is 0 Å². The van der Waals surface area contributed by atoms with E-state index < -0.39 is 0 Å². The molecule has 1 heterocycles. The molecule has 118 valence electrons. The topological polar surface area (TPSA) is 15.3 Å². The molecule has 0 amide bonds. The summed E-state index contributed by atoms with van der Waals surface area (Å²) in [7, 11) is 0. The van der Waals surface area contributed by atoms with Crippen molar-refractivity contribution in [2.24, 2.45) is 11.3 Å². The maximum absolute atomic E-state index is 3.73. The lowest BCUT2D eigenvalue weighted by Crippen LogP contribution is -2.52. The quantitative estimate of drug-likeness (QED) is 0.835. The van der Waals surface area contributed by atoms with Gasteiger partial charge in [0.15, 0.2) is 0 Å². The standard InChI is InChI=1S/C18H36N2/c1-14(2)20(13-16-8-6-7-9-19-16)17-10-15(3)11-18(4,5)12-17/h14-17,19H,6-13H2,1-5H3. The lowest BCUT2D eigenvalue weighted by atomic mass is 9.70. The molecular weight excluding hydrogens is 244 g/mol. The van der Waals surface area contributed by atoms with Gasteiger partial charge < -0.3 is 5.32 Å². The van der Waals surface area contributed by atoms with Gasteiger partial charge in [-0.05, 0) is 63.8 Å². The van der Waals surface area contributed by atoms with Gasteiger partial charge >= 0.3 is 0 Å². The molecule has 0 aromatic carbocycles. The first kappa shape index (κ1) is 16.3. The highest BCUT2D eigenvalue weighted by molar-refractivity contribution is 4.90. The molecule has 1 saturated heterocycles. The average molecular weight is 280 g/mol. The summed E-state index contributed by atoms with van der Waals surface area (Å²) in [5.74, 6) is 0.879. The van der Waals surface area contributed by atoms with E-state index in [1.54, 1.807) is 0 Å². The van der Waals surface area contributed by atoms with Crippen molar-refractivity contribution in [3.05, 3.63) is 0 Å². The molecular formula is C18H36N2. The van der Waals surface area contributed by atoms with Crippen LogP contribution in [0.1, 0.15) is 73.1 Å². The van der Waals surface area contributed by atoms with Crippen LogP contribution in [0, 0.1) is 11.3 Å². The number of hydrogen-bond donors (Lipinski definition) is 1. The molecule has 0 bridgehead atoms. The van der Waals surface area contributed by atoms with Crippen LogP contribution in [0.25, 0.3) is 0 Å². The molecule has 1 N–H and O–H groups in total. The fraction of sp³-hybridized carbons (Fsp3) is 1.00. The molecule has 3 atom stereocenters. The zero-order valence-electron chi connectivity index (χ0n) is 14.4. The normalized spacial score (nSPS) is 34.6. The minimum Gasteiger partial charge on any atom is -0.313 e. The van der Waals surface area contributed by atoms with E-state index in [0.717, 1.165) is 18.0 Å². The molecule has 2 nitrogen and oxygen atoms in total. The fourth-order valence-electron chi connectivity index (χ4n) is 4.66. The van der Waals surface area contributed by atoms with Gasteiger partial charge in [-0.1, -0.05) is 27.2 Å². The molecule has 0 spiro atoms. The van der Waals surface area contributed by atoms with Gasteiger partial charge in [0, 0.05) is 24.7 Å².